The molecule has 2 N–H and O–H groups in total. The minimum absolute atomic E-state index is 0.213. The van der Waals surface area contributed by atoms with Crippen LogP contribution in [0.2, 0.25) is 0 Å². The van der Waals surface area contributed by atoms with Gasteiger partial charge in [-0.3, -0.25) is 0 Å². The maximum absolute atomic E-state index is 6.04. The smallest absolute Gasteiger partial charge is 0.122 e. The molecule has 3 heteroatoms. The van der Waals surface area contributed by atoms with Crippen molar-refractivity contribution in [2.45, 2.75) is 45.1 Å². The Bertz CT molecular complexity index is 390. The van der Waals surface area contributed by atoms with Gasteiger partial charge in [0.25, 0.3) is 0 Å². The molecule has 1 saturated carbocycles. The van der Waals surface area contributed by atoms with Crippen molar-refractivity contribution in [1.29, 1.82) is 0 Å². The first-order chi connectivity index (χ1) is 8.69. The molecule has 0 saturated heterocycles. The Morgan fingerprint density at radius 1 is 1.44 bits per heavy atom. The first kappa shape index (κ1) is 13.9. The van der Waals surface area contributed by atoms with E-state index in [1.54, 1.807) is 0 Å². The van der Waals surface area contributed by atoms with Crippen molar-refractivity contribution in [3.05, 3.63) is 28.2 Å². The zero-order valence-electron chi connectivity index (χ0n) is 11.0. The number of hydrogen-bond acceptors (Lipinski definition) is 2. The quantitative estimate of drug-likeness (QED) is 0.828. The van der Waals surface area contributed by atoms with Crippen LogP contribution in [0.25, 0.3) is 0 Å². The average molecular weight is 312 g/mol. The van der Waals surface area contributed by atoms with E-state index in [9.17, 15) is 0 Å². The number of halogens is 1. The molecule has 2 nitrogen and oxygen atoms in total. The van der Waals surface area contributed by atoms with E-state index in [2.05, 4.69) is 35.0 Å². The monoisotopic (exact) mass is 311 g/mol. The Morgan fingerprint density at radius 3 is 2.89 bits per heavy atom. The van der Waals surface area contributed by atoms with E-state index >= 15 is 0 Å². The van der Waals surface area contributed by atoms with Crippen molar-refractivity contribution in [3.8, 4) is 5.75 Å². The number of rotatable bonds is 7. The topological polar surface area (TPSA) is 35.2 Å². The molecule has 1 aliphatic rings. The molecule has 100 valence electrons. The number of hydrogen-bond donors (Lipinski definition) is 1. The summed E-state index contributed by atoms with van der Waals surface area (Å²) in [6, 6.07) is 6.43. The normalized spacial score (nSPS) is 16.6. The molecule has 0 amide bonds. The minimum Gasteiger partial charge on any atom is -0.493 e. The molecular formula is C15H22BrNO. The molecule has 0 aromatic heterocycles. The summed E-state index contributed by atoms with van der Waals surface area (Å²) in [5.74, 6) is 1.92. The maximum Gasteiger partial charge on any atom is 0.122 e. The van der Waals surface area contributed by atoms with Gasteiger partial charge < -0.3 is 10.5 Å². The van der Waals surface area contributed by atoms with Gasteiger partial charge in [-0.15, -0.1) is 0 Å². The van der Waals surface area contributed by atoms with Gasteiger partial charge in [-0.05, 0) is 48.9 Å². The highest BCUT2D eigenvalue weighted by Crippen LogP contribution is 2.33. The maximum atomic E-state index is 6.04. The molecule has 0 spiro atoms. The lowest BCUT2D eigenvalue weighted by Crippen LogP contribution is -2.21. The highest BCUT2D eigenvalue weighted by Gasteiger charge is 2.21. The van der Waals surface area contributed by atoms with Crippen LogP contribution in [0.15, 0.2) is 22.7 Å². The Labute approximate surface area is 118 Å². The Kier molecular flexibility index (Phi) is 5.07. The third kappa shape index (κ3) is 4.29. The van der Waals surface area contributed by atoms with Crippen molar-refractivity contribution < 1.29 is 4.74 Å². The third-order valence-corrected chi connectivity index (χ3v) is 4.00. The van der Waals surface area contributed by atoms with Gasteiger partial charge in [-0.25, -0.2) is 0 Å². The summed E-state index contributed by atoms with van der Waals surface area (Å²) in [7, 11) is 0. The van der Waals surface area contributed by atoms with Crippen LogP contribution in [0.5, 0.6) is 5.75 Å². The van der Waals surface area contributed by atoms with E-state index in [1.165, 1.54) is 24.8 Å². The van der Waals surface area contributed by atoms with E-state index in [0.29, 0.717) is 0 Å². The molecule has 2 rings (SSSR count). The van der Waals surface area contributed by atoms with Gasteiger partial charge in [0.15, 0.2) is 0 Å². The van der Waals surface area contributed by atoms with Crippen molar-refractivity contribution in [2.75, 3.05) is 6.61 Å². The summed E-state index contributed by atoms with van der Waals surface area (Å²) in [5.41, 5.74) is 7.26. The Hall–Kier alpha value is -0.540. The molecule has 1 aromatic carbocycles. The van der Waals surface area contributed by atoms with Gasteiger partial charge in [0.2, 0.25) is 0 Å². The zero-order valence-corrected chi connectivity index (χ0v) is 12.6. The van der Waals surface area contributed by atoms with Crippen LogP contribution in [0.4, 0.5) is 0 Å². The number of ether oxygens (including phenoxy) is 1. The van der Waals surface area contributed by atoms with Crippen LogP contribution in [-0.2, 0) is 6.42 Å². The largest absolute Gasteiger partial charge is 0.493 e. The fourth-order valence-electron chi connectivity index (χ4n) is 2.02. The predicted molar refractivity (Wildman–Crippen MR) is 78.9 cm³/mol. The number of nitrogens with two attached hydrogens (primary N) is 1. The minimum atomic E-state index is 0.213. The molecule has 1 unspecified atom stereocenters. The molecular weight excluding hydrogens is 290 g/mol. The standard InChI is InChI=1S/C15H22BrNO/c1-2-14(17)10-12-9-13(16)5-6-15(12)18-8-7-11-3-4-11/h5-6,9,11,14H,2-4,7-8,10,17H2,1H3. The lowest BCUT2D eigenvalue weighted by molar-refractivity contribution is 0.298. The first-order valence-corrected chi connectivity index (χ1v) is 7.65. The number of benzene rings is 1. The van der Waals surface area contributed by atoms with Crippen LogP contribution in [0, 0.1) is 5.92 Å². The van der Waals surface area contributed by atoms with E-state index in [1.807, 2.05) is 6.07 Å². The Morgan fingerprint density at radius 2 is 2.22 bits per heavy atom. The SMILES string of the molecule is CCC(N)Cc1cc(Br)ccc1OCCC1CC1. The summed E-state index contributed by atoms with van der Waals surface area (Å²) in [4.78, 5) is 0. The van der Waals surface area contributed by atoms with E-state index in [0.717, 1.165) is 35.6 Å². The molecule has 0 bridgehead atoms. The first-order valence-electron chi connectivity index (χ1n) is 6.86. The Balaban J connectivity index is 1.96. The molecule has 18 heavy (non-hydrogen) atoms. The summed E-state index contributed by atoms with van der Waals surface area (Å²) in [6.07, 6.45) is 5.84. The van der Waals surface area contributed by atoms with Crippen molar-refractivity contribution in [3.63, 3.8) is 0 Å². The van der Waals surface area contributed by atoms with Crippen LogP contribution < -0.4 is 10.5 Å². The highest BCUT2D eigenvalue weighted by atomic mass is 79.9. The zero-order chi connectivity index (χ0) is 13.0. The van der Waals surface area contributed by atoms with Crippen LogP contribution in [-0.4, -0.2) is 12.6 Å². The summed E-state index contributed by atoms with van der Waals surface area (Å²) >= 11 is 3.51. The fourth-order valence-corrected chi connectivity index (χ4v) is 2.43. The average Bonchev–Trinajstić information content (AvgIpc) is 3.16. The van der Waals surface area contributed by atoms with E-state index in [-0.39, 0.29) is 6.04 Å². The molecule has 1 atom stereocenters. The second-order valence-electron chi connectivity index (χ2n) is 5.21. The van der Waals surface area contributed by atoms with Crippen molar-refractivity contribution in [1.82, 2.24) is 0 Å². The van der Waals surface area contributed by atoms with Gasteiger partial charge in [-0.1, -0.05) is 35.7 Å². The van der Waals surface area contributed by atoms with Crippen LogP contribution >= 0.6 is 15.9 Å². The third-order valence-electron chi connectivity index (χ3n) is 3.51. The van der Waals surface area contributed by atoms with Gasteiger partial charge >= 0.3 is 0 Å². The molecule has 1 aromatic rings. The summed E-state index contributed by atoms with van der Waals surface area (Å²) in [5, 5.41) is 0. The highest BCUT2D eigenvalue weighted by molar-refractivity contribution is 9.10. The molecule has 0 heterocycles. The lowest BCUT2D eigenvalue weighted by atomic mass is 10.0. The predicted octanol–water partition coefficient (Wildman–Crippen LogP) is 3.91. The van der Waals surface area contributed by atoms with Crippen LogP contribution in [0.3, 0.4) is 0 Å². The van der Waals surface area contributed by atoms with Gasteiger partial charge in [0.05, 0.1) is 6.61 Å². The summed E-state index contributed by atoms with van der Waals surface area (Å²) in [6.45, 7) is 2.96. The van der Waals surface area contributed by atoms with Gasteiger partial charge in [0, 0.05) is 10.5 Å². The second kappa shape index (κ2) is 6.58. The van der Waals surface area contributed by atoms with Gasteiger partial charge in [-0.2, -0.15) is 0 Å². The molecule has 1 aliphatic carbocycles. The molecule has 0 aliphatic heterocycles. The molecule has 1 fully saturated rings. The van der Waals surface area contributed by atoms with E-state index < -0.39 is 0 Å². The molecule has 0 radical (unpaired) electrons. The summed E-state index contributed by atoms with van der Waals surface area (Å²) < 4.78 is 7.00. The van der Waals surface area contributed by atoms with Crippen molar-refractivity contribution >= 4 is 15.9 Å². The fraction of sp³-hybridized carbons (Fsp3) is 0.600. The van der Waals surface area contributed by atoms with E-state index in [4.69, 9.17) is 10.5 Å². The second-order valence-corrected chi connectivity index (χ2v) is 6.12. The van der Waals surface area contributed by atoms with Crippen LogP contribution in [0.1, 0.15) is 38.2 Å². The lowest BCUT2D eigenvalue weighted by Gasteiger charge is -2.15. The van der Waals surface area contributed by atoms with Crippen molar-refractivity contribution in [2.24, 2.45) is 11.7 Å². The van der Waals surface area contributed by atoms with Gasteiger partial charge in [0.1, 0.15) is 5.75 Å².